The second-order valence-corrected chi connectivity index (χ2v) is 6.27. The Morgan fingerprint density at radius 3 is 2.53 bits per heavy atom. The molecule has 2 fully saturated rings. The van der Waals surface area contributed by atoms with E-state index in [9.17, 15) is 13.5 Å². The zero-order chi connectivity index (χ0) is 12.8. The molecule has 1 N–H and O–H groups in total. The topological polar surface area (TPSA) is 91.3 Å². The largest absolute Gasteiger partial charge is 0.387 e. The fourth-order valence-corrected chi connectivity index (χ4v) is 2.27. The highest BCUT2D eigenvalue weighted by Crippen LogP contribution is 2.37. The molecule has 0 bridgehead atoms. The fraction of sp³-hybridized carbons (Fsp3) is 1.00. The lowest BCUT2D eigenvalue weighted by Crippen LogP contribution is -2.37. The summed E-state index contributed by atoms with van der Waals surface area (Å²) < 4.78 is 42.4. The third kappa shape index (κ3) is 2.95. The molecule has 0 spiro atoms. The highest BCUT2D eigenvalue weighted by Gasteiger charge is 2.54. The van der Waals surface area contributed by atoms with Crippen LogP contribution in [-0.2, 0) is 28.5 Å². The van der Waals surface area contributed by atoms with E-state index >= 15 is 0 Å². The minimum absolute atomic E-state index is 0.250. The number of hydrogen-bond donors (Lipinski definition) is 1. The summed E-state index contributed by atoms with van der Waals surface area (Å²) in [6, 6.07) is 0. The summed E-state index contributed by atoms with van der Waals surface area (Å²) in [5, 5.41) is 9.88. The first-order valence-corrected chi connectivity index (χ1v) is 7.03. The molecule has 0 amide bonds. The molecule has 0 aromatic heterocycles. The van der Waals surface area contributed by atoms with Crippen LogP contribution >= 0.6 is 0 Å². The Balaban J connectivity index is 1.94. The van der Waals surface area contributed by atoms with Crippen LogP contribution in [0.25, 0.3) is 0 Å². The van der Waals surface area contributed by atoms with Gasteiger partial charge in [0.2, 0.25) is 0 Å². The Bertz CT molecular complexity index is 390. The highest BCUT2D eigenvalue weighted by molar-refractivity contribution is 7.85. The lowest BCUT2D eigenvalue weighted by molar-refractivity contribution is -0.217. The van der Waals surface area contributed by atoms with Crippen molar-refractivity contribution in [1.82, 2.24) is 0 Å². The Morgan fingerprint density at radius 2 is 2.00 bits per heavy atom. The molecular weight excluding hydrogens is 252 g/mol. The maximum absolute atomic E-state index is 10.8. The smallest absolute Gasteiger partial charge is 0.264 e. The lowest BCUT2D eigenvalue weighted by atomic mass is 10.1. The number of aliphatic hydroxyl groups is 1. The van der Waals surface area contributed by atoms with Gasteiger partial charge < -0.3 is 19.3 Å². The highest BCUT2D eigenvalue weighted by atomic mass is 32.2. The Morgan fingerprint density at radius 1 is 1.35 bits per heavy atom. The molecule has 0 saturated carbocycles. The molecule has 2 aliphatic rings. The van der Waals surface area contributed by atoms with Crippen molar-refractivity contribution in [2.45, 2.75) is 44.2 Å². The average molecular weight is 268 g/mol. The minimum Gasteiger partial charge on any atom is -0.387 e. The van der Waals surface area contributed by atoms with Gasteiger partial charge in [-0.2, -0.15) is 8.42 Å². The molecule has 7 nitrogen and oxygen atoms in total. The fourth-order valence-electron chi connectivity index (χ4n) is 1.89. The van der Waals surface area contributed by atoms with Crippen LogP contribution in [0.5, 0.6) is 0 Å². The zero-order valence-corrected chi connectivity index (χ0v) is 10.6. The molecule has 4 atom stereocenters. The first-order chi connectivity index (χ1) is 7.68. The van der Waals surface area contributed by atoms with Gasteiger partial charge in [-0.15, -0.1) is 0 Å². The third-order valence-corrected chi connectivity index (χ3v) is 3.13. The van der Waals surface area contributed by atoms with Crippen molar-refractivity contribution in [3.05, 3.63) is 0 Å². The first-order valence-electron chi connectivity index (χ1n) is 5.21. The number of rotatable bonds is 3. The summed E-state index contributed by atoms with van der Waals surface area (Å²) in [4.78, 5) is 0. The predicted molar refractivity (Wildman–Crippen MR) is 55.5 cm³/mol. The number of fused-ring (bicyclic) bond motifs is 1. The number of ether oxygens (including phenoxy) is 3. The van der Waals surface area contributed by atoms with E-state index in [-0.39, 0.29) is 6.61 Å². The van der Waals surface area contributed by atoms with Crippen LogP contribution in [0.1, 0.15) is 13.8 Å². The van der Waals surface area contributed by atoms with Gasteiger partial charge in [0.05, 0.1) is 12.9 Å². The molecule has 0 aliphatic carbocycles. The summed E-state index contributed by atoms with van der Waals surface area (Å²) >= 11 is 0. The molecule has 17 heavy (non-hydrogen) atoms. The zero-order valence-electron chi connectivity index (χ0n) is 9.82. The monoisotopic (exact) mass is 268 g/mol. The van der Waals surface area contributed by atoms with Gasteiger partial charge in [0, 0.05) is 0 Å². The van der Waals surface area contributed by atoms with E-state index in [4.69, 9.17) is 14.2 Å². The molecule has 0 unspecified atom stereocenters. The summed E-state index contributed by atoms with van der Waals surface area (Å²) in [5.41, 5.74) is 0. The SMILES string of the molecule is CC1(C)O[C@H]2O[C@@H](COS(C)(=O)=O)[C@@H](O)[C@@H]2O1. The molecule has 0 aromatic rings. The van der Waals surface area contributed by atoms with Gasteiger partial charge in [-0.05, 0) is 13.8 Å². The van der Waals surface area contributed by atoms with E-state index in [1.807, 2.05) is 0 Å². The van der Waals surface area contributed by atoms with Crippen molar-refractivity contribution in [2.24, 2.45) is 0 Å². The second kappa shape index (κ2) is 4.15. The van der Waals surface area contributed by atoms with Crippen molar-refractivity contribution in [2.75, 3.05) is 12.9 Å². The summed E-state index contributed by atoms with van der Waals surface area (Å²) in [6.45, 7) is 3.17. The van der Waals surface area contributed by atoms with Crippen LogP contribution in [0, 0.1) is 0 Å². The van der Waals surface area contributed by atoms with Gasteiger partial charge in [0.15, 0.2) is 12.1 Å². The molecule has 2 rings (SSSR count). The van der Waals surface area contributed by atoms with Crippen LogP contribution in [-0.4, -0.2) is 56.8 Å². The average Bonchev–Trinajstić information content (AvgIpc) is 2.57. The molecule has 2 saturated heterocycles. The normalized spacial score (nSPS) is 40.5. The van der Waals surface area contributed by atoms with Crippen LogP contribution in [0.4, 0.5) is 0 Å². The van der Waals surface area contributed by atoms with E-state index in [0.717, 1.165) is 6.26 Å². The summed E-state index contributed by atoms with van der Waals surface area (Å²) in [5.74, 6) is -0.807. The van der Waals surface area contributed by atoms with E-state index in [1.165, 1.54) is 0 Å². The van der Waals surface area contributed by atoms with E-state index < -0.39 is 40.5 Å². The van der Waals surface area contributed by atoms with Crippen LogP contribution < -0.4 is 0 Å². The molecule has 0 aromatic carbocycles. The Kier molecular flexibility index (Phi) is 3.22. The van der Waals surface area contributed by atoms with Gasteiger partial charge in [0.25, 0.3) is 10.1 Å². The van der Waals surface area contributed by atoms with Crippen LogP contribution in [0.15, 0.2) is 0 Å². The van der Waals surface area contributed by atoms with Crippen molar-refractivity contribution in [3.8, 4) is 0 Å². The Hall–Kier alpha value is -0.250. The molecule has 8 heteroatoms. The second-order valence-electron chi connectivity index (χ2n) is 4.62. The van der Waals surface area contributed by atoms with E-state index in [1.54, 1.807) is 13.8 Å². The van der Waals surface area contributed by atoms with Gasteiger partial charge in [-0.3, -0.25) is 4.18 Å². The quantitative estimate of drug-likeness (QED) is 0.670. The first kappa shape index (κ1) is 13.2. The van der Waals surface area contributed by atoms with Gasteiger partial charge in [-0.1, -0.05) is 0 Å². The summed E-state index contributed by atoms with van der Waals surface area (Å²) in [6.07, 6.45) is -2.10. The summed E-state index contributed by atoms with van der Waals surface area (Å²) in [7, 11) is -3.55. The third-order valence-electron chi connectivity index (χ3n) is 2.56. The van der Waals surface area contributed by atoms with Crippen LogP contribution in [0.2, 0.25) is 0 Å². The molecular formula is C9H16O7S. The standard InChI is InChI=1S/C9H16O7S/c1-9(2)15-7-6(10)5(14-8(7)16-9)4-13-17(3,11)12/h5-8,10H,4H2,1-3H3/t5-,6+,7-,8+/m0/s1. The maximum atomic E-state index is 10.8. The van der Waals surface area contributed by atoms with Crippen LogP contribution in [0.3, 0.4) is 0 Å². The molecule has 2 heterocycles. The minimum atomic E-state index is -3.55. The van der Waals surface area contributed by atoms with Gasteiger partial charge in [0.1, 0.15) is 18.3 Å². The molecule has 0 radical (unpaired) electrons. The van der Waals surface area contributed by atoms with E-state index in [0.29, 0.717) is 0 Å². The number of aliphatic hydroxyl groups excluding tert-OH is 1. The lowest BCUT2D eigenvalue weighted by Gasteiger charge is -2.22. The van der Waals surface area contributed by atoms with Gasteiger partial charge >= 0.3 is 0 Å². The van der Waals surface area contributed by atoms with Gasteiger partial charge in [-0.25, -0.2) is 0 Å². The Labute approximate surface area is 99.7 Å². The number of hydrogen-bond acceptors (Lipinski definition) is 7. The van der Waals surface area contributed by atoms with Crippen molar-refractivity contribution in [1.29, 1.82) is 0 Å². The van der Waals surface area contributed by atoms with Crippen molar-refractivity contribution in [3.63, 3.8) is 0 Å². The molecule has 2 aliphatic heterocycles. The van der Waals surface area contributed by atoms with Crippen molar-refractivity contribution < 1.29 is 31.9 Å². The van der Waals surface area contributed by atoms with Crippen molar-refractivity contribution >= 4 is 10.1 Å². The van der Waals surface area contributed by atoms with E-state index in [2.05, 4.69) is 4.18 Å². The molecule has 100 valence electrons. The maximum Gasteiger partial charge on any atom is 0.264 e. The predicted octanol–water partition coefficient (Wildman–Crippen LogP) is -0.800.